The maximum atomic E-state index is 8.86. The van der Waals surface area contributed by atoms with E-state index in [2.05, 4.69) is 6.58 Å². The molecular formula is C6H13NO2. The second-order valence-corrected chi connectivity index (χ2v) is 1.69. The minimum atomic E-state index is 0.489. The van der Waals surface area contributed by atoms with Gasteiger partial charge in [-0.25, -0.2) is 0 Å². The summed E-state index contributed by atoms with van der Waals surface area (Å²) in [4.78, 5) is 0. The van der Waals surface area contributed by atoms with Crippen LogP contribution in [0.25, 0.3) is 0 Å². The number of nitrogens with zero attached hydrogens (tertiary/aromatic N) is 1. The molecule has 0 aromatic rings. The van der Waals surface area contributed by atoms with Gasteiger partial charge in [-0.15, -0.1) is 6.58 Å². The average Bonchev–Trinajstić information content (AvgIpc) is 1.85. The van der Waals surface area contributed by atoms with Crippen molar-refractivity contribution in [3.63, 3.8) is 0 Å². The van der Waals surface area contributed by atoms with Crippen molar-refractivity contribution in [2.45, 2.75) is 0 Å². The van der Waals surface area contributed by atoms with Crippen LogP contribution in [0, 0.1) is 0 Å². The van der Waals surface area contributed by atoms with Crippen LogP contribution in [0.2, 0.25) is 0 Å². The molecule has 0 amide bonds. The van der Waals surface area contributed by atoms with E-state index in [1.54, 1.807) is 13.2 Å². The zero-order chi connectivity index (χ0) is 7.11. The van der Waals surface area contributed by atoms with Crippen molar-refractivity contribution in [2.75, 3.05) is 26.8 Å². The monoisotopic (exact) mass is 131 g/mol. The van der Waals surface area contributed by atoms with Crippen LogP contribution in [-0.2, 0) is 4.74 Å². The van der Waals surface area contributed by atoms with Crippen molar-refractivity contribution in [2.24, 2.45) is 0 Å². The van der Waals surface area contributed by atoms with Crippen LogP contribution in [0.5, 0.6) is 0 Å². The minimum absolute atomic E-state index is 0.489. The molecule has 0 aliphatic rings. The van der Waals surface area contributed by atoms with E-state index in [9.17, 15) is 0 Å². The Morgan fingerprint density at radius 3 is 2.89 bits per heavy atom. The highest BCUT2D eigenvalue weighted by atomic mass is 16.5. The lowest BCUT2D eigenvalue weighted by atomic mass is 10.6. The van der Waals surface area contributed by atoms with Crippen molar-refractivity contribution in [3.8, 4) is 0 Å². The molecule has 0 aromatic heterocycles. The van der Waals surface area contributed by atoms with E-state index >= 15 is 0 Å². The highest BCUT2D eigenvalue weighted by Crippen LogP contribution is 1.80. The second-order valence-electron chi connectivity index (χ2n) is 1.69. The third kappa shape index (κ3) is 5.49. The molecular weight excluding hydrogens is 118 g/mol. The summed E-state index contributed by atoms with van der Waals surface area (Å²) in [5.41, 5.74) is 0. The summed E-state index contributed by atoms with van der Waals surface area (Å²) in [5, 5.41) is 10.0. The van der Waals surface area contributed by atoms with Crippen LogP contribution < -0.4 is 0 Å². The Labute approximate surface area is 55.5 Å². The second kappa shape index (κ2) is 5.75. The van der Waals surface area contributed by atoms with E-state index < -0.39 is 0 Å². The Morgan fingerprint density at radius 2 is 2.44 bits per heavy atom. The van der Waals surface area contributed by atoms with E-state index in [0.29, 0.717) is 19.7 Å². The molecule has 0 saturated carbocycles. The smallest absolute Gasteiger partial charge is 0.0613 e. The maximum absolute atomic E-state index is 8.86. The van der Waals surface area contributed by atoms with E-state index in [1.165, 1.54) is 0 Å². The molecule has 0 unspecified atom stereocenters. The van der Waals surface area contributed by atoms with Gasteiger partial charge in [0.05, 0.1) is 6.61 Å². The fourth-order valence-electron chi connectivity index (χ4n) is 0.437. The van der Waals surface area contributed by atoms with Gasteiger partial charge in [-0.1, -0.05) is 6.08 Å². The van der Waals surface area contributed by atoms with Crippen molar-refractivity contribution in [3.05, 3.63) is 12.7 Å². The molecule has 0 radical (unpaired) electrons. The average molecular weight is 131 g/mol. The molecule has 0 aliphatic heterocycles. The van der Waals surface area contributed by atoms with Gasteiger partial charge in [-0.05, 0) is 0 Å². The Morgan fingerprint density at radius 1 is 1.78 bits per heavy atom. The van der Waals surface area contributed by atoms with Crippen LogP contribution in [-0.4, -0.2) is 37.1 Å². The fourth-order valence-corrected chi connectivity index (χ4v) is 0.437. The Kier molecular flexibility index (Phi) is 5.51. The number of hydrogen-bond acceptors (Lipinski definition) is 3. The highest BCUT2D eigenvalue weighted by molar-refractivity contribution is 4.68. The lowest BCUT2D eigenvalue weighted by Crippen LogP contribution is -2.23. The number of ether oxygens (including phenoxy) is 1. The molecule has 3 heteroatoms. The number of methoxy groups -OCH3 is 1. The van der Waals surface area contributed by atoms with Gasteiger partial charge in [0.1, 0.15) is 0 Å². The number of hydroxylamine groups is 2. The molecule has 0 saturated heterocycles. The molecule has 0 atom stereocenters. The molecule has 0 rings (SSSR count). The maximum Gasteiger partial charge on any atom is 0.0613 e. The summed E-state index contributed by atoms with van der Waals surface area (Å²) in [5.74, 6) is 0. The standard InChI is InChI=1S/C6H13NO2/c1-3-4-7(8)5-6-9-2/h3,8H,1,4-6H2,2H3. The fraction of sp³-hybridized carbons (Fsp3) is 0.667. The van der Waals surface area contributed by atoms with Gasteiger partial charge < -0.3 is 9.94 Å². The van der Waals surface area contributed by atoms with Crippen molar-refractivity contribution in [1.29, 1.82) is 0 Å². The first kappa shape index (κ1) is 8.62. The molecule has 3 nitrogen and oxygen atoms in total. The molecule has 0 spiro atoms. The zero-order valence-corrected chi connectivity index (χ0v) is 5.71. The Bertz CT molecular complexity index is 75.5. The highest BCUT2D eigenvalue weighted by Gasteiger charge is 1.93. The van der Waals surface area contributed by atoms with E-state index in [0.717, 1.165) is 5.06 Å². The molecule has 0 heterocycles. The first-order chi connectivity index (χ1) is 4.31. The van der Waals surface area contributed by atoms with Crippen LogP contribution in [0.4, 0.5) is 0 Å². The molecule has 1 N–H and O–H groups in total. The van der Waals surface area contributed by atoms with Gasteiger partial charge in [-0.2, -0.15) is 5.06 Å². The Balaban J connectivity index is 3.04. The molecule has 0 aromatic carbocycles. The molecule has 0 fully saturated rings. The third-order valence-electron chi connectivity index (χ3n) is 0.893. The zero-order valence-electron chi connectivity index (χ0n) is 5.71. The van der Waals surface area contributed by atoms with Crippen LogP contribution in [0.15, 0.2) is 12.7 Å². The van der Waals surface area contributed by atoms with Crippen LogP contribution in [0.3, 0.4) is 0 Å². The summed E-state index contributed by atoms with van der Waals surface area (Å²) in [7, 11) is 1.60. The Hall–Kier alpha value is -0.380. The summed E-state index contributed by atoms with van der Waals surface area (Å²) < 4.78 is 4.72. The molecule has 0 bridgehead atoms. The quantitative estimate of drug-likeness (QED) is 0.436. The van der Waals surface area contributed by atoms with Gasteiger partial charge in [0, 0.05) is 20.2 Å². The van der Waals surface area contributed by atoms with Gasteiger partial charge in [-0.3, -0.25) is 0 Å². The predicted molar refractivity (Wildman–Crippen MR) is 35.4 cm³/mol. The van der Waals surface area contributed by atoms with Crippen molar-refractivity contribution >= 4 is 0 Å². The first-order valence-electron chi connectivity index (χ1n) is 2.85. The lowest BCUT2D eigenvalue weighted by Gasteiger charge is -2.09. The third-order valence-corrected chi connectivity index (χ3v) is 0.893. The predicted octanol–water partition coefficient (Wildman–Crippen LogP) is 0.510. The normalized spacial score (nSPS) is 10.1. The summed E-state index contributed by atoms with van der Waals surface area (Å²) in [6, 6.07) is 0. The minimum Gasteiger partial charge on any atom is -0.383 e. The van der Waals surface area contributed by atoms with Crippen molar-refractivity contribution < 1.29 is 9.94 Å². The van der Waals surface area contributed by atoms with Crippen LogP contribution >= 0.6 is 0 Å². The number of rotatable bonds is 5. The van der Waals surface area contributed by atoms with Gasteiger partial charge in [0.2, 0.25) is 0 Å². The summed E-state index contributed by atoms with van der Waals surface area (Å²) in [6.07, 6.45) is 1.63. The van der Waals surface area contributed by atoms with Crippen molar-refractivity contribution in [1.82, 2.24) is 5.06 Å². The number of hydrogen-bond donors (Lipinski definition) is 1. The molecule has 54 valence electrons. The topological polar surface area (TPSA) is 32.7 Å². The van der Waals surface area contributed by atoms with E-state index in [-0.39, 0.29) is 0 Å². The van der Waals surface area contributed by atoms with E-state index in [4.69, 9.17) is 9.94 Å². The lowest BCUT2D eigenvalue weighted by molar-refractivity contribution is -0.0911. The molecule has 9 heavy (non-hydrogen) atoms. The SMILES string of the molecule is C=CCN(O)CCOC. The van der Waals surface area contributed by atoms with Crippen LogP contribution in [0.1, 0.15) is 0 Å². The summed E-state index contributed by atoms with van der Waals surface area (Å²) in [6.45, 7) is 5.03. The van der Waals surface area contributed by atoms with Gasteiger partial charge in [0.15, 0.2) is 0 Å². The largest absolute Gasteiger partial charge is 0.383 e. The molecule has 0 aliphatic carbocycles. The van der Waals surface area contributed by atoms with Gasteiger partial charge >= 0.3 is 0 Å². The van der Waals surface area contributed by atoms with Gasteiger partial charge in [0.25, 0.3) is 0 Å². The summed E-state index contributed by atoms with van der Waals surface area (Å²) >= 11 is 0. The first-order valence-corrected chi connectivity index (χ1v) is 2.85. The van der Waals surface area contributed by atoms with E-state index in [1.807, 2.05) is 0 Å².